The Morgan fingerprint density at radius 1 is 0.217 bits per heavy atom. The van der Waals surface area contributed by atoms with Gasteiger partial charge in [0.15, 0.2) is 0 Å². The van der Waals surface area contributed by atoms with E-state index in [2.05, 4.69) is 193 Å². The van der Waals surface area contributed by atoms with E-state index in [1.165, 1.54) is 88.8 Å². The first-order valence-electron chi connectivity index (χ1n) is 53.3. The maximum atomic E-state index is 7.92. The number of aryl methyl sites for hydroxylation is 12. The molecule has 0 bridgehead atoms. The second kappa shape index (κ2) is 56.8. The van der Waals surface area contributed by atoms with Crippen LogP contribution in [0.4, 0.5) is 0 Å². The van der Waals surface area contributed by atoms with Crippen LogP contribution in [-0.4, -0.2) is 39.9 Å². The molecule has 20 rings (SSSR count). The minimum absolute atomic E-state index is 0. The van der Waals surface area contributed by atoms with Gasteiger partial charge in [-0.3, -0.25) is 0 Å². The van der Waals surface area contributed by atoms with Crippen molar-refractivity contribution in [1.82, 2.24) is 39.9 Å². The summed E-state index contributed by atoms with van der Waals surface area (Å²) in [5.41, 5.74) is 29.1. The van der Waals surface area contributed by atoms with Crippen molar-refractivity contribution in [3.05, 3.63) is 529 Å². The molecule has 0 saturated carbocycles. The molecule has 12 heteroatoms. The molecule has 0 atom stereocenters. The molecule has 0 aliphatic rings. The third-order valence-corrected chi connectivity index (χ3v) is 20.9. The molecule has 8 nitrogen and oxygen atoms in total. The summed E-state index contributed by atoms with van der Waals surface area (Å²) >= 11 is 0. The van der Waals surface area contributed by atoms with E-state index in [-0.39, 0.29) is 91.5 Å². The van der Waals surface area contributed by atoms with Crippen molar-refractivity contribution in [2.45, 2.75) is 95.4 Å². The van der Waals surface area contributed by atoms with E-state index in [0.29, 0.717) is 39.2 Å². The molecule has 20 aromatic rings. The zero-order chi connectivity index (χ0) is 110. The quantitative estimate of drug-likeness (QED) is 0.0992. The van der Waals surface area contributed by atoms with Crippen LogP contribution in [0.2, 0.25) is 0 Å². The van der Waals surface area contributed by atoms with Crippen LogP contribution in [-0.2, 0) is 93.2 Å². The summed E-state index contributed by atoms with van der Waals surface area (Å²) in [6.45, 7) is -1.90. The van der Waals surface area contributed by atoms with Gasteiger partial charge in [-0.1, -0.05) is 228 Å². The Kier molecular flexibility index (Phi) is 33.6. The van der Waals surface area contributed by atoms with Crippen LogP contribution in [0.15, 0.2) is 414 Å². The Labute approximate surface area is 899 Å². The smallest absolute Gasteiger partial charge is 0.0313 e. The van der Waals surface area contributed by atoms with Crippen LogP contribution in [0.1, 0.15) is 108 Å². The van der Waals surface area contributed by atoms with Gasteiger partial charge in [-0.2, -0.15) is 0 Å². The van der Waals surface area contributed by atoms with Crippen LogP contribution < -0.4 is 0 Å². The molecule has 4 radical (unpaired) electrons. The number of pyridine rings is 8. The van der Waals surface area contributed by atoms with Crippen LogP contribution in [0, 0.1) is 117 Å². The fourth-order valence-corrected chi connectivity index (χ4v) is 13.5. The average Bonchev–Trinajstić information content (AvgIpc) is 0.782. The molecular formula is C126H108Ir4N8-8. The summed E-state index contributed by atoms with van der Waals surface area (Å²) < 4.78 is 149. The summed E-state index contributed by atoms with van der Waals surface area (Å²) in [5, 5.41) is 0. The third kappa shape index (κ3) is 32.9. The summed E-state index contributed by atoms with van der Waals surface area (Å²) in [5.74, 6) is 0. The predicted octanol–water partition coefficient (Wildman–Crippen LogP) is 31.3. The number of hydrogen-bond acceptors (Lipinski definition) is 8. The Hall–Kier alpha value is -13.6. The molecule has 0 aliphatic heterocycles. The zero-order valence-electron chi connectivity index (χ0n) is 96.4. The van der Waals surface area contributed by atoms with E-state index in [1.54, 1.807) is 64.1 Å². The Bertz CT molecular complexity index is 7530. The predicted molar refractivity (Wildman–Crippen MR) is 556 cm³/mol. The molecule has 0 aliphatic carbocycles. The Morgan fingerprint density at radius 3 is 0.739 bits per heavy atom. The first-order chi connectivity index (χ1) is 73.4. The van der Waals surface area contributed by atoms with Gasteiger partial charge in [0.2, 0.25) is 0 Å². The van der Waals surface area contributed by atoms with Crippen molar-refractivity contribution >= 4 is 0 Å². The minimum Gasteiger partial charge on any atom is -0.305 e. The van der Waals surface area contributed by atoms with Gasteiger partial charge in [-0.15, -0.1) is 285 Å². The number of rotatable bonds is 14. The molecule has 8 heterocycles. The van der Waals surface area contributed by atoms with Gasteiger partial charge < -0.3 is 39.9 Å². The second-order valence-corrected chi connectivity index (χ2v) is 30.7. The Morgan fingerprint density at radius 2 is 0.471 bits per heavy atom. The topological polar surface area (TPSA) is 103 Å². The monoisotopic (exact) mass is 2520 g/mol. The van der Waals surface area contributed by atoms with Gasteiger partial charge in [-0.25, -0.2) is 0 Å². The molecular weight excluding hydrogens is 2390 g/mol. The zero-order valence-corrected chi connectivity index (χ0v) is 86.0. The van der Waals surface area contributed by atoms with Gasteiger partial charge in [0.1, 0.15) is 0 Å². The van der Waals surface area contributed by atoms with Crippen LogP contribution in [0.3, 0.4) is 0 Å². The molecule has 0 unspecified atom stereocenters. The van der Waals surface area contributed by atoms with E-state index in [4.69, 9.17) is 27.4 Å². The average molecular weight is 2520 g/mol. The van der Waals surface area contributed by atoms with Gasteiger partial charge in [0.05, 0.1) is 0 Å². The molecule has 0 spiro atoms. The van der Waals surface area contributed by atoms with Crippen LogP contribution in [0.5, 0.6) is 0 Å². The third-order valence-electron chi connectivity index (χ3n) is 20.9. The number of hydrogen-bond donors (Lipinski definition) is 0. The second-order valence-electron chi connectivity index (χ2n) is 30.7. The maximum absolute atomic E-state index is 7.92. The van der Waals surface area contributed by atoms with Crippen molar-refractivity contribution in [3.8, 4) is 135 Å². The number of benzene rings is 12. The fourth-order valence-electron chi connectivity index (χ4n) is 13.5. The molecule has 8 aromatic heterocycles. The van der Waals surface area contributed by atoms with Gasteiger partial charge in [-0.05, 0) is 196 Å². The van der Waals surface area contributed by atoms with Gasteiger partial charge >= 0.3 is 0 Å². The van der Waals surface area contributed by atoms with E-state index < -0.39 is 47.5 Å². The summed E-state index contributed by atoms with van der Waals surface area (Å²) in [6, 6.07) is 141. The van der Waals surface area contributed by atoms with Gasteiger partial charge in [0, 0.05) is 157 Å². The van der Waals surface area contributed by atoms with Crippen molar-refractivity contribution in [3.63, 3.8) is 0 Å². The van der Waals surface area contributed by atoms with E-state index in [0.717, 1.165) is 124 Å². The molecule has 696 valence electrons. The first-order valence-corrected chi connectivity index (χ1v) is 43.3. The van der Waals surface area contributed by atoms with Crippen molar-refractivity contribution in [2.24, 2.45) is 0 Å². The van der Waals surface area contributed by atoms with Crippen molar-refractivity contribution < 1.29 is 108 Å². The van der Waals surface area contributed by atoms with Crippen LogP contribution in [0.25, 0.3) is 135 Å². The Balaban J connectivity index is 0.000000199. The molecule has 0 N–H and O–H groups in total. The maximum Gasteiger partial charge on any atom is 0.0313 e. The van der Waals surface area contributed by atoms with E-state index in [1.807, 2.05) is 231 Å². The summed E-state index contributed by atoms with van der Waals surface area (Å²) in [4.78, 5) is 34.1. The summed E-state index contributed by atoms with van der Waals surface area (Å²) in [7, 11) is 0. The van der Waals surface area contributed by atoms with E-state index >= 15 is 0 Å². The largest absolute Gasteiger partial charge is 0.305 e. The molecule has 0 saturated heterocycles. The SMILES string of the molecule is CCc1ccnc(-c2[c-]ccc(-c3ccccc3)c2)c1.Cc1ccnc(-c2[c-]ccc(-c3ccccc3)c2)c1.[2H]C([2H])([2H])C([2H])([2H])c1ccnc(-c2[c-]ccc(-c3ccccc3)c2)c1.[2H]C([2H])([2H])c1ccnc(-c2[c-]ccc(-c3ccccc3)c2)c1.[2H]C([2H])([2H])c1cnc(-c2[c-]cccc2)cc1C.[2H]C([2H])([2H])c1cnc(-c2[c-]cccc2)cc1C.[2H]C([2H])([2H])c1cnc(-c2[c-]cccc2)cc1C.[2H]C([2H])([2H])c1cnc(-c2[c-]cccc2)cc1C.[Ir].[Ir].[Ir].[Ir]. The normalized spacial score (nSPS) is 12.8. The van der Waals surface area contributed by atoms with E-state index in [9.17, 15) is 0 Å². The standard InChI is InChI=1S/2C19H16N.2C18H14N.4C13H12N.4Ir/c2*1-2-15-11-12-20-19(13-15)18-10-6-9-17(14-18)16-7-4-3-5-8-16;2*1-14-10-11-19-18(12-14)17-9-5-8-16(13-17)15-6-3-2-4-7-15;4*1-10-8-13(14-9-11(10)2)12-6-4-3-5-7-12;;;;/h2*3-9,11-14H,2H2,1H3;2*2-8,10-13H,1H3;4*3-6,8-9H,1-2H3;;;;/q8*-1;;;;/i1D3,2D2;;1D3;;4*2D3;;;;. The fraction of sp³-hybridized carbons (Fsp3) is 0.111. The van der Waals surface area contributed by atoms with Crippen molar-refractivity contribution in [1.29, 1.82) is 0 Å². The number of aromatic nitrogens is 8. The van der Waals surface area contributed by atoms with Crippen molar-refractivity contribution in [2.75, 3.05) is 0 Å². The number of nitrogens with zero attached hydrogens (tertiary/aromatic N) is 8. The van der Waals surface area contributed by atoms with Gasteiger partial charge in [0.25, 0.3) is 0 Å². The van der Waals surface area contributed by atoms with Crippen LogP contribution >= 0.6 is 0 Å². The molecule has 138 heavy (non-hydrogen) atoms. The summed E-state index contributed by atoms with van der Waals surface area (Å²) in [6.07, 6.45) is 11.0. The minimum atomic E-state index is -2.75. The molecule has 0 fully saturated rings. The molecule has 0 amide bonds. The molecule has 12 aromatic carbocycles. The first kappa shape index (κ1) is 81.6.